The lowest BCUT2D eigenvalue weighted by Gasteiger charge is -2.30. The third kappa shape index (κ3) is 3.26. The molecular weight excluding hydrogens is 238 g/mol. The van der Waals surface area contributed by atoms with Gasteiger partial charge in [-0.2, -0.15) is 0 Å². The maximum Gasteiger partial charge on any atom is 0.253 e. The van der Waals surface area contributed by atoms with Gasteiger partial charge in [-0.05, 0) is 32.0 Å². The Kier molecular flexibility index (Phi) is 4.80. The Morgan fingerprint density at radius 2 is 1.95 bits per heavy atom. The lowest BCUT2D eigenvalue weighted by Crippen LogP contribution is -2.43. The molecule has 0 aromatic heterocycles. The van der Waals surface area contributed by atoms with E-state index in [0.29, 0.717) is 0 Å². The first-order chi connectivity index (χ1) is 9.26. The summed E-state index contributed by atoms with van der Waals surface area (Å²) < 4.78 is 0. The second kappa shape index (κ2) is 6.57. The van der Waals surface area contributed by atoms with Crippen LogP contribution in [0, 0.1) is 0 Å². The van der Waals surface area contributed by atoms with E-state index in [9.17, 15) is 4.79 Å². The molecule has 1 N–H and O–H groups in total. The van der Waals surface area contributed by atoms with Crippen molar-refractivity contribution in [2.45, 2.75) is 13.8 Å². The Balaban J connectivity index is 2.16. The number of nitrogens with one attached hydrogen (secondary N) is 1. The second-order valence-electron chi connectivity index (χ2n) is 4.76. The van der Waals surface area contributed by atoms with E-state index in [2.05, 4.69) is 16.3 Å². The standard InChI is InChI=1S/C15H23N3O/c1-3-17(4-2)15(19)13-6-5-7-14(12-13)18-10-8-16-9-11-18/h5-7,12,16H,3-4,8-11H2,1-2H3. The molecule has 0 radical (unpaired) electrons. The van der Waals surface area contributed by atoms with Gasteiger partial charge in [0.2, 0.25) is 0 Å². The van der Waals surface area contributed by atoms with Gasteiger partial charge in [-0.25, -0.2) is 0 Å². The quantitative estimate of drug-likeness (QED) is 0.894. The molecule has 0 spiro atoms. The van der Waals surface area contributed by atoms with Gasteiger partial charge < -0.3 is 15.1 Å². The fourth-order valence-electron chi connectivity index (χ4n) is 2.45. The summed E-state index contributed by atoms with van der Waals surface area (Å²) in [5.74, 6) is 0.127. The largest absolute Gasteiger partial charge is 0.369 e. The van der Waals surface area contributed by atoms with Crippen molar-refractivity contribution in [3.05, 3.63) is 29.8 Å². The van der Waals surface area contributed by atoms with Crippen LogP contribution in [0.3, 0.4) is 0 Å². The SMILES string of the molecule is CCN(CC)C(=O)c1cccc(N2CCNCC2)c1. The van der Waals surface area contributed by atoms with Crippen LogP contribution in [0.4, 0.5) is 5.69 Å². The van der Waals surface area contributed by atoms with Gasteiger partial charge in [-0.1, -0.05) is 6.07 Å². The first kappa shape index (κ1) is 13.9. The van der Waals surface area contributed by atoms with E-state index in [0.717, 1.165) is 50.5 Å². The Labute approximate surface area is 115 Å². The Hall–Kier alpha value is -1.55. The Morgan fingerprint density at radius 3 is 2.58 bits per heavy atom. The normalized spacial score (nSPS) is 15.4. The maximum absolute atomic E-state index is 12.3. The van der Waals surface area contributed by atoms with Gasteiger partial charge in [-0.15, -0.1) is 0 Å². The molecule has 1 aromatic rings. The highest BCUT2D eigenvalue weighted by atomic mass is 16.2. The molecule has 104 valence electrons. The molecule has 0 saturated carbocycles. The molecule has 1 aliphatic rings. The molecule has 0 aliphatic carbocycles. The highest BCUT2D eigenvalue weighted by molar-refractivity contribution is 5.95. The van der Waals surface area contributed by atoms with Gasteiger partial charge in [0.05, 0.1) is 0 Å². The number of rotatable bonds is 4. The van der Waals surface area contributed by atoms with Gasteiger partial charge in [0.1, 0.15) is 0 Å². The molecule has 1 saturated heterocycles. The number of hydrogen-bond donors (Lipinski definition) is 1. The molecule has 1 heterocycles. The molecule has 19 heavy (non-hydrogen) atoms. The van der Waals surface area contributed by atoms with Crippen LogP contribution >= 0.6 is 0 Å². The first-order valence-corrected chi connectivity index (χ1v) is 7.11. The van der Waals surface area contributed by atoms with Crippen LogP contribution in [-0.2, 0) is 0 Å². The van der Waals surface area contributed by atoms with Gasteiger partial charge in [-0.3, -0.25) is 4.79 Å². The molecule has 1 aromatic carbocycles. The molecule has 0 atom stereocenters. The van der Waals surface area contributed by atoms with Crippen LogP contribution < -0.4 is 10.2 Å². The number of amides is 1. The summed E-state index contributed by atoms with van der Waals surface area (Å²) in [5.41, 5.74) is 1.94. The summed E-state index contributed by atoms with van der Waals surface area (Å²) in [5, 5.41) is 3.34. The van der Waals surface area contributed by atoms with Crippen LogP contribution in [0.25, 0.3) is 0 Å². The summed E-state index contributed by atoms with van der Waals surface area (Å²) in [7, 11) is 0. The molecule has 1 fully saturated rings. The van der Waals surface area contributed by atoms with Gasteiger partial charge in [0.25, 0.3) is 5.91 Å². The van der Waals surface area contributed by atoms with E-state index in [4.69, 9.17) is 0 Å². The third-order valence-electron chi connectivity index (χ3n) is 3.63. The fraction of sp³-hybridized carbons (Fsp3) is 0.533. The van der Waals surface area contributed by atoms with Crippen LogP contribution in [0.5, 0.6) is 0 Å². The Bertz CT molecular complexity index is 423. The lowest BCUT2D eigenvalue weighted by molar-refractivity contribution is 0.0773. The summed E-state index contributed by atoms with van der Waals surface area (Å²) >= 11 is 0. The minimum absolute atomic E-state index is 0.127. The second-order valence-corrected chi connectivity index (χ2v) is 4.76. The van der Waals surface area contributed by atoms with Crippen molar-refractivity contribution >= 4 is 11.6 Å². The van der Waals surface area contributed by atoms with Crippen LogP contribution in [0.2, 0.25) is 0 Å². The predicted molar refractivity (Wildman–Crippen MR) is 78.8 cm³/mol. The molecule has 0 bridgehead atoms. The fourth-order valence-corrected chi connectivity index (χ4v) is 2.45. The molecule has 1 amide bonds. The van der Waals surface area contributed by atoms with Crippen molar-refractivity contribution in [2.75, 3.05) is 44.2 Å². The minimum atomic E-state index is 0.127. The van der Waals surface area contributed by atoms with Gasteiger partial charge >= 0.3 is 0 Å². The van der Waals surface area contributed by atoms with Crippen molar-refractivity contribution in [1.29, 1.82) is 0 Å². The molecule has 4 heteroatoms. The number of anilines is 1. The molecule has 2 rings (SSSR count). The van der Waals surface area contributed by atoms with Crippen LogP contribution in [0.1, 0.15) is 24.2 Å². The molecule has 4 nitrogen and oxygen atoms in total. The average Bonchev–Trinajstić information content (AvgIpc) is 2.49. The van der Waals surface area contributed by atoms with E-state index in [-0.39, 0.29) is 5.91 Å². The molecule has 1 aliphatic heterocycles. The summed E-state index contributed by atoms with van der Waals surface area (Å²) in [6, 6.07) is 8.00. The lowest BCUT2D eigenvalue weighted by atomic mass is 10.1. The van der Waals surface area contributed by atoms with Crippen LogP contribution in [-0.4, -0.2) is 50.1 Å². The number of nitrogens with zero attached hydrogens (tertiary/aromatic N) is 2. The van der Waals surface area contributed by atoms with E-state index < -0.39 is 0 Å². The number of hydrogen-bond acceptors (Lipinski definition) is 3. The molecule has 0 unspecified atom stereocenters. The Morgan fingerprint density at radius 1 is 1.26 bits per heavy atom. The number of carbonyl (C=O) groups excluding carboxylic acids is 1. The third-order valence-corrected chi connectivity index (χ3v) is 3.63. The number of carbonyl (C=O) groups is 1. The molecular formula is C15H23N3O. The van der Waals surface area contributed by atoms with Crippen molar-refractivity contribution in [2.24, 2.45) is 0 Å². The zero-order chi connectivity index (χ0) is 13.7. The first-order valence-electron chi connectivity index (χ1n) is 7.11. The number of benzene rings is 1. The maximum atomic E-state index is 12.3. The van der Waals surface area contributed by atoms with E-state index in [1.807, 2.05) is 36.9 Å². The van der Waals surface area contributed by atoms with Crippen molar-refractivity contribution in [3.8, 4) is 0 Å². The monoisotopic (exact) mass is 261 g/mol. The zero-order valence-corrected chi connectivity index (χ0v) is 11.9. The van der Waals surface area contributed by atoms with Gasteiger partial charge in [0.15, 0.2) is 0 Å². The van der Waals surface area contributed by atoms with Gasteiger partial charge in [0, 0.05) is 50.5 Å². The highest BCUT2D eigenvalue weighted by Gasteiger charge is 2.15. The van der Waals surface area contributed by atoms with E-state index in [1.54, 1.807) is 0 Å². The topological polar surface area (TPSA) is 35.6 Å². The smallest absolute Gasteiger partial charge is 0.253 e. The average molecular weight is 261 g/mol. The van der Waals surface area contributed by atoms with Crippen LogP contribution in [0.15, 0.2) is 24.3 Å². The highest BCUT2D eigenvalue weighted by Crippen LogP contribution is 2.18. The van der Waals surface area contributed by atoms with Crippen molar-refractivity contribution in [3.63, 3.8) is 0 Å². The zero-order valence-electron chi connectivity index (χ0n) is 11.9. The summed E-state index contributed by atoms with van der Waals surface area (Å²) in [4.78, 5) is 16.5. The summed E-state index contributed by atoms with van der Waals surface area (Å²) in [6.07, 6.45) is 0. The minimum Gasteiger partial charge on any atom is -0.369 e. The van der Waals surface area contributed by atoms with Crippen molar-refractivity contribution < 1.29 is 4.79 Å². The van der Waals surface area contributed by atoms with E-state index in [1.165, 1.54) is 0 Å². The van der Waals surface area contributed by atoms with Crippen molar-refractivity contribution in [1.82, 2.24) is 10.2 Å². The summed E-state index contributed by atoms with van der Waals surface area (Å²) in [6.45, 7) is 9.57. The van der Waals surface area contributed by atoms with E-state index >= 15 is 0 Å². The predicted octanol–water partition coefficient (Wildman–Crippen LogP) is 1.58. The number of piperazine rings is 1.